The third-order valence-corrected chi connectivity index (χ3v) is 5.89. The molecule has 1 aromatic heterocycles. The van der Waals surface area contributed by atoms with Crippen LogP contribution in [0.15, 0.2) is 27.6 Å². The molecule has 1 aliphatic rings. The van der Waals surface area contributed by atoms with Crippen molar-refractivity contribution >= 4 is 21.5 Å². The number of ether oxygens (including phenoxy) is 1. The Labute approximate surface area is 133 Å². The van der Waals surface area contributed by atoms with Gasteiger partial charge in [0.05, 0.1) is 12.8 Å². The van der Waals surface area contributed by atoms with Gasteiger partial charge in [-0.25, -0.2) is 8.42 Å². The molecular formula is C15H16N2O5S. The molecule has 122 valence electrons. The smallest absolute Gasteiger partial charge is 0.269 e. The second kappa shape index (κ2) is 5.38. The average Bonchev–Trinajstić information content (AvgIpc) is 2.86. The van der Waals surface area contributed by atoms with Crippen molar-refractivity contribution in [1.29, 1.82) is 0 Å². The highest BCUT2D eigenvalue weighted by molar-refractivity contribution is 7.93. The summed E-state index contributed by atoms with van der Waals surface area (Å²) in [5, 5.41) is 3.71. The first-order valence-electron chi connectivity index (χ1n) is 7.03. The van der Waals surface area contributed by atoms with Gasteiger partial charge < -0.3 is 9.26 Å². The molecule has 8 heteroatoms. The highest BCUT2D eigenvalue weighted by atomic mass is 32.2. The number of sulfonamides is 1. The topological polar surface area (TPSA) is 89.7 Å². The van der Waals surface area contributed by atoms with Crippen LogP contribution in [0.5, 0.6) is 5.75 Å². The molecule has 0 saturated carbocycles. The third-order valence-electron chi connectivity index (χ3n) is 3.83. The van der Waals surface area contributed by atoms with Crippen molar-refractivity contribution in [2.45, 2.75) is 25.2 Å². The number of hydrogen-bond acceptors (Lipinski definition) is 6. The lowest BCUT2D eigenvalue weighted by molar-refractivity contribution is 0.0981. The Kier molecular flexibility index (Phi) is 3.63. The molecule has 0 radical (unpaired) electrons. The van der Waals surface area contributed by atoms with E-state index in [9.17, 15) is 13.2 Å². The van der Waals surface area contributed by atoms with Gasteiger partial charge in [0.2, 0.25) is 0 Å². The van der Waals surface area contributed by atoms with Crippen LogP contribution in [-0.4, -0.2) is 33.0 Å². The van der Waals surface area contributed by atoms with Crippen LogP contribution in [0, 0.1) is 13.8 Å². The molecule has 3 rings (SSSR count). The second-order valence-corrected chi connectivity index (χ2v) is 7.09. The molecule has 0 unspecified atom stereocenters. The highest BCUT2D eigenvalue weighted by Gasteiger charge is 2.36. The number of aryl methyl sites for hydroxylation is 2. The Bertz CT molecular complexity index is 866. The molecule has 1 aromatic carbocycles. The predicted molar refractivity (Wildman–Crippen MR) is 82.5 cm³/mol. The molecule has 0 aliphatic carbocycles. The second-order valence-electron chi connectivity index (χ2n) is 5.29. The van der Waals surface area contributed by atoms with Gasteiger partial charge in [-0.2, -0.15) is 0 Å². The van der Waals surface area contributed by atoms with Gasteiger partial charge in [-0.15, -0.1) is 0 Å². The lowest BCUT2D eigenvalue weighted by Crippen LogP contribution is -2.37. The van der Waals surface area contributed by atoms with E-state index in [1.807, 2.05) is 0 Å². The minimum absolute atomic E-state index is 0.0496. The van der Waals surface area contributed by atoms with Crippen LogP contribution in [0.2, 0.25) is 0 Å². The van der Waals surface area contributed by atoms with Gasteiger partial charge in [0.1, 0.15) is 11.4 Å². The maximum Gasteiger partial charge on any atom is 0.269 e. The van der Waals surface area contributed by atoms with Crippen molar-refractivity contribution < 1.29 is 22.5 Å². The molecule has 0 bridgehead atoms. The minimum Gasteiger partial charge on any atom is -0.497 e. The Morgan fingerprint density at radius 3 is 2.65 bits per heavy atom. The maximum absolute atomic E-state index is 13.0. The fraction of sp³-hybridized carbons (Fsp3) is 0.333. The molecule has 2 heterocycles. The third kappa shape index (κ3) is 2.39. The summed E-state index contributed by atoms with van der Waals surface area (Å²) in [6, 6.07) is 4.78. The first kappa shape index (κ1) is 15.5. The summed E-state index contributed by atoms with van der Waals surface area (Å²) in [7, 11) is -2.36. The number of carbonyl (C=O) groups excluding carboxylic acids is 1. The molecule has 0 spiro atoms. The molecule has 2 aromatic rings. The Morgan fingerprint density at radius 2 is 2.04 bits per heavy atom. The summed E-state index contributed by atoms with van der Waals surface area (Å²) < 4.78 is 37.3. The van der Waals surface area contributed by atoms with E-state index in [0.29, 0.717) is 22.7 Å². The Morgan fingerprint density at radius 1 is 1.30 bits per heavy atom. The van der Waals surface area contributed by atoms with Crippen molar-refractivity contribution in [1.82, 2.24) is 5.16 Å². The van der Waals surface area contributed by atoms with Gasteiger partial charge in [0, 0.05) is 18.5 Å². The number of nitrogens with zero attached hydrogens (tertiary/aromatic N) is 2. The summed E-state index contributed by atoms with van der Waals surface area (Å²) in [5.74, 6) is 0.632. The van der Waals surface area contributed by atoms with Crippen molar-refractivity contribution in [3.05, 3.63) is 35.2 Å². The van der Waals surface area contributed by atoms with Gasteiger partial charge in [-0.3, -0.25) is 9.10 Å². The number of ketones is 1. The molecule has 1 aliphatic heterocycles. The molecule has 0 N–H and O–H groups in total. The molecular weight excluding hydrogens is 320 g/mol. The summed E-state index contributed by atoms with van der Waals surface area (Å²) in [6.45, 7) is 3.22. The quantitative estimate of drug-likeness (QED) is 0.852. The normalized spacial score (nSPS) is 14.7. The van der Waals surface area contributed by atoms with Gasteiger partial charge in [0.25, 0.3) is 10.0 Å². The van der Waals surface area contributed by atoms with Gasteiger partial charge in [0.15, 0.2) is 16.4 Å². The highest BCUT2D eigenvalue weighted by Crippen LogP contribution is 2.35. The number of benzene rings is 1. The van der Waals surface area contributed by atoms with E-state index in [4.69, 9.17) is 9.26 Å². The maximum atomic E-state index is 13.0. The van der Waals surface area contributed by atoms with E-state index in [2.05, 4.69) is 5.16 Å². The van der Waals surface area contributed by atoms with E-state index in [-0.39, 0.29) is 29.4 Å². The SMILES string of the molecule is COc1ccc2c(c1)C(=O)CCN2S(=O)(=O)c1c(C)noc1C. The summed E-state index contributed by atoms with van der Waals surface area (Å²) in [5.41, 5.74) is 0.988. The van der Waals surface area contributed by atoms with Crippen LogP contribution >= 0.6 is 0 Å². The van der Waals surface area contributed by atoms with E-state index >= 15 is 0 Å². The van der Waals surface area contributed by atoms with Crippen LogP contribution in [0.1, 0.15) is 28.2 Å². The Hall–Kier alpha value is -2.35. The molecule has 0 saturated heterocycles. The number of aromatic nitrogens is 1. The molecule has 0 atom stereocenters. The molecule has 0 fully saturated rings. The number of carbonyl (C=O) groups is 1. The number of rotatable bonds is 3. The van der Waals surface area contributed by atoms with E-state index in [0.717, 1.165) is 0 Å². The van der Waals surface area contributed by atoms with E-state index in [1.165, 1.54) is 11.4 Å². The van der Waals surface area contributed by atoms with E-state index < -0.39 is 10.0 Å². The van der Waals surface area contributed by atoms with Crippen LogP contribution in [-0.2, 0) is 10.0 Å². The van der Waals surface area contributed by atoms with Gasteiger partial charge >= 0.3 is 0 Å². The number of methoxy groups -OCH3 is 1. The van der Waals surface area contributed by atoms with Gasteiger partial charge in [-0.1, -0.05) is 5.16 Å². The molecule has 7 nitrogen and oxygen atoms in total. The first-order valence-corrected chi connectivity index (χ1v) is 8.47. The van der Waals surface area contributed by atoms with E-state index in [1.54, 1.807) is 32.0 Å². The summed E-state index contributed by atoms with van der Waals surface area (Å²) >= 11 is 0. The van der Waals surface area contributed by atoms with Crippen LogP contribution in [0.25, 0.3) is 0 Å². The lowest BCUT2D eigenvalue weighted by Gasteiger charge is -2.29. The zero-order valence-electron chi connectivity index (χ0n) is 13.0. The largest absolute Gasteiger partial charge is 0.497 e. The van der Waals surface area contributed by atoms with Gasteiger partial charge in [-0.05, 0) is 32.0 Å². The zero-order chi connectivity index (χ0) is 16.8. The van der Waals surface area contributed by atoms with Crippen molar-refractivity contribution in [2.75, 3.05) is 18.0 Å². The summed E-state index contributed by atoms with van der Waals surface area (Å²) in [6.07, 6.45) is 0.114. The standard InChI is InChI=1S/C15H16N2O5S/c1-9-15(10(2)22-16-9)23(19,20)17-7-6-14(18)12-8-11(21-3)4-5-13(12)17/h4-5,8H,6-7H2,1-3H3. The fourth-order valence-corrected chi connectivity index (χ4v) is 4.53. The number of anilines is 1. The van der Waals surface area contributed by atoms with Crippen LogP contribution in [0.4, 0.5) is 5.69 Å². The number of Topliss-reactive ketones (excluding diaryl/α,β-unsaturated/α-hetero) is 1. The van der Waals surface area contributed by atoms with Crippen molar-refractivity contribution in [3.8, 4) is 5.75 Å². The van der Waals surface area contributed by atoms with Crippen molar-refractivity contribution in [3.63, 3.8) is 0 Å². The van der Waals surface area contributed by atoms with Crippen molar-refractivity contribution in [2.24, 2.45) is 0 Å². The lowest BCUT2D eigenvalue weighted by atomic mass is 10.0. The monoisotopic (exact) mass is 336 g/mol. The first-order chi connectivity index (χ1) is 10.9. The Balaban J connectivity index is 2.16. The van der Waals surface area contributed by atoms with Crippen LogP contribution < -0.4 is 9.04 Å². The fourth-order valence-electron chi connectivity index (χ4n) is 2.74. The number of fused-ring (bicyclic) bond motifs is 1. The predicted octanol–water partition coefficient (Wildman–Crippen LogP) is 2.08. The number of hydrogen-bond donors (Lipinski definition) is 0. The zero-order valence-corrected chi connectivity index (χ0v) is 13.8. The molecule has 0 amide bonds. The van der Waals surface area contributed by atoms with Crippen LogP contribution in [0.3, 0.4) is 0 Å². The average molecular weight is 336 g/mol. The minimum atomic E-state index is -3.85. The molecule has 23 heavy (non-hydrogen) atoms. The summed E-state index contributed by atoms with van der Waals surface area (Å²) in [4.78, 5) is 12.2.